The molecule has 2 aliphatic heterocycles. The van der Waals surface area contributed by atoms with E-state index < -0.39 is 6.04 Å². The molecule has 9 heteroatoms. The normalized spacial score (nSPS) is 20.4. The van der Waals surface area contributed by atoms with Crippen molar-refractivity contribution in [1.29, 1.82) is 0 Å². The standard InChI is InChI=1S/C28H26N6O3/c1-3-23(36)34-19-15-22(33(16-19)17(2)35)25(34)28-31-24(26-27(29)30-13-14-32(26)28)18-9-11-21(12-10-18)37-20-7-5-4-6-8-20/h3-14,19,22,25H,1,15-16H2,2H3,(H2,29,30)/t19-,22-,25?/m0/s1. The van der Waals surface area contributed by atoms with Crippen molar-refractivity contribution < 1.29 is 14.3 Å². The highest BCUT2D eigenvalue weighted by molar-refractivity contribution is 5.89. The summed E-state index contributed by atoms with van der Waals surface area (Å²) in [5.74, 6) is 2.21. The molecular weight excluding hydrogens is 468 g/mol. The lowest BCUT2D eigenvalue weighted by molar-refractivity contribution is -0.139. The van der Waals surface area contributed by atoms with Crippen LogP contribution in [0.15, 0.2) is 79.6 Å². The molecule has 4 heterocycles. The molecule has 2 N–H and O–H groups in total. The van der Waals surface area contributed by atoms with Gasteiger partial charge in [0.25, 0.3) is 0 Å². The van der Waals surface area contributed by atoms with Gasteiger partial charge in [-0.25, -0.2) is 9.97 Å². The predicted molar refractivity (Wildman–Crippen MR) is 139 cm³/mol. The first-order valence-corrected chi connectivity index (χ1v) is 12.1. The van der Waals surface area contributed by atoms with Crippen molar-refractivity contribution in [3.63, 3.8) is 0 Å². The van der Waals surface area contributed by atoms with Gasteiger partial charge in [0.2, 0.25) is 11.8 Å². The number of benzene rings is 2. The molecule has 0 saturated carbocycles. The molecule has 3 atom stereocenters. The minimum Gasteiger partial charge on any atom is -0.457 e. The van der Waals surface area contributed by atoms with Crippen LogP contribution in [0, 0.1) is 0 Å². The zero-order chi connectivity index (χ0) is 25.7. The monoisotopic (exact) mass is 494 g/mol. The number of fused-ring (bicyclic) bond motifs is 3. The van der Waals surface area contributed by atoms with Crippen molar-refractivity contribution in [2.24, 2.45) is 0 Å². The lowest BCUT2D eigenvalue weighted by Gasteiger charge is -2.39. The Labute approximate surface area is 213 Å². The van der Waals surface area contributed by atoms with E-state index in [2.05, 4.69) is 11.6 Å². The van der Waals surface area contributed by atoms with E-state index >= 15 is 0 Å². The van der Waals surface area contributed by atoms with E-state index in [1.165, 1.54) is 6.08 Å². The fourth-order valence-electron chi connectivity index (χ4n) is 5.64. The Kier molecular flexibility index (Phi) is 5.40. The highest BCUT2D eigenvalue weighted by Crippen LogP contribution is 2.46. The number of nitrogens with zero attached hydrogens (tertiary/aromatic N) is 5. The van der Waals surface area contributed by atoms with Crippen LogP contribution >= 0.6 is 0 Å². The Bertz CT molecular complexity index is 1510. The Morgan fingerprint density at radius 2 is 1.84 bits per heavy atom. The van der Waals surface area contributed by atoms with E-state index in [-0.39, 0.29) is 23.9 Å². The first-order chi connectivity index (χ1) is 18.0. The molecule has 0 spiro atoms. The minimum atomic E-state index is -0.433. The van der Waals surface area contributed by atoms with Crippen molar-refractivity contribution in [3.05, 3.63) is 85.5 Å². The fourth-order valence-corrected chi connectivity index (χ4v) is 5.64. The van der Waals surface area contributed by atoms with Gasteiger partial charge in [0.1, 0.15) is 40.4 Å². The summed E-state index contributed by atoms with van der Waals surface area (Å²) in [4.78, 5) is 38.3. The van der Waals surface area contributed by atoms with Gasteiger partial charge in [-0.3, -0.25) is 14.0 Å². The molecule has 9 nitrogen and oxygen atoms in total. The second-order valence-corrected chi connectivity index (χ2v) is 9.31. The SMILES string of the molecule is C=CC(=O)N1C(c2nc(-c3ccc(Oc4ccccc4)cc3)c3c(N)nccn23)[C@@H]2C[C@H]1CN2C(C)=O. The maximum absolute atomic E-state index is 12.9. The molecule has 4 aromatic rings. The molecule has 6 rings (SSSR count). The first kappa shape index (κ1) is 22.8. The van der Waals surface area contributed by atoms with E-state index in [0.29, 0.717) is 41.6 Å². The summed E-state index contributed by atoms with van der Waals surface area (Å²) in [6.45, 7) is 5.77. The average molecular weight is 495 g/mol. The molecule has 2 amide bonds. The predicted octanol–water partition coefficient (Wildman–Crippen LogP) is 3.83. The van der Waals surface area contributed by atoms with Crippen molar-refractivity contribution in [2.75, 3.05) is 12.3 Å². The lowest BCUT2D eigenvalue weighted by Crippen LogP contribution is -2.52. The van der Waals surface area contributed by atoms with Gasteiger partial charge in [-0.05, 0) is 48.9 Å². The Morgan fingerprint density at radius 3 is 2.54 bits per heavy atom. The summed E-state index contributed by atoms with van der Waals surface area (Å²) in [6, 6.07) is 16.5. The molecule has 0 radical (unpaired) electrons. The average Bonchev–Trinajstić information content (AvgIpc) is 3.61. The number of ether oxygens (including phenoxy) is 1. The van der Waals surface area contributed by atoms with Gasteiger partial charge in [0.15, 0.2) is 0 Å². The number of nitrogen functional groups attached to an aromatic ring is 1. The van der Waals surface area contributed by atoms with Crippen LogP contribution in [-0.2, 0) is 9.59 Å². The molecule has 2 aliphatic rings. The number of anilines is 1. The highest BCUT2D eigenvalue weighted by atomic mass is 16.5. The van der Waals surface area contributed by atoms with Gasteiger partial charge in [-0.15, -0.1) is 0 Å². The van der Waals surface area contributed by atoms with Gasteiger partial charge in [-0.1, -0.05) is 24.8 Å². The van der Waals surface area contributed by atoms with Gasteiger partial charge >= 0.3 is 0 Å². The van der Waals surface area contributed by atoms with Crippen LogP contribution in [0.4, 0.5) is 5.82 Å². The van der Waals surface area contributed by atoms with Crippen LogP contribution in [-0.4, -0.2) is 54.6 Å². The molecule has 2 fully saturated rings. The number of rotatable bonds is 5. The first-order valence-electron chi connectivity index (χ1n) is 12.1. The second kappa shape index (κ2) is 8.77. The van der Waals surface area contributed by atoms with Crippen LogP contribution in [0.25, 0.3) is 16.8 Å². The van der Waals surface area contributed by atoms with Gasteiger partial charge in [-0.2, -0.15) is 0 Å². The highest BCUT2D eigenvalue weighted by Gasteiger charge is 2.54. The van der Waals surface area contributed by atoms with Crippen LogP contribution < -0.4 is 10.5 Å². The molecule has 37 heavy (non-hydrogen) atoms. The number of amides is 2. The number of para-hydroxylation sites is 1. The van der Waals surface area contributed by atoms with Gasteiger partial charge < -0.3 is 20.3 Å². The van der Waals surface area contributed by atoms with Crippen LogP contribution in [0.3, 0.4) is 0 Å². The van der Waals surface area contributed by atoms with Gasteiger partial charge in [0.05, 0.1) is 12.1 Å². The molecule has 0 aliphatic carbocycles. The summed E-state index contributed by atoms with van der Waals surface area (Å²) in [7, 11) is 0. The number of hydrogen-bond acceptors (Lipinski definition) is 6. The molecule has 2 bridgehead atoms. The number of hydrogen-bond donors (Lipinski definition) is 1. The largest absolute Gasteiger partial charge is 0.457 e. The number of carbonyl (C=O) groups is 2. The van der Waals surface area contributed by atoms with E-state index in [0.717, 1.165) is 11.3 Å². The Hall–Kier alpha value is -4.66. The second-order valence-electron chi connectivity index (χ2n) is 9.31. The quantitative estimate of drug-likeness (QED) is 0.423. The summed E-state index contributed by atoms with van der Waals surface area (Å²) in [5, 5.41) is 0. The number of carbonyl (C=O) groups excluding carboxylic acids is 2. The summed E-state index contributed by atoms with van der Waals surface area (Å²) >= 11 is 0. The third-order valence-electron chi connectivity index (χ3n) is 7.19. The summed E-state index contributed by atoms with van der Waals surface area (Å²) in [5.41, 5.74) is 8.48. The third kappa shape index (κ3) is 3.70. The molecule has 2 saturated heterocycles. The van der Waals surface area contributed by atoms with Crippen LogP contribution in [0.5, 0.6) is 11.5 Å². The number of imidazole rings is 1. The van der Waals surface area contributed by atoms with Crippen molar-refractivity contribution in [3.8, 4) is 22.8 Å². The number of likely N-dealkylation sites (tertiary alicyclic amines) is 2. The maximum Gasteiger partial charge on any atom is 0.246 e. The number of nitrogens with two attached hydrogens (primary N) is 1. The lowest BCUT2D eigenvalue weighted by atomic mass is 10.1. The van der Waals surface area contributed by atoms with Crippen molar-refractivity contribution in [2.45, 2.75) is 31.5 Å². The molecule has 1 unspecified atom stereocenters. The Balaban J connectivity index is 1.44. The zero-order valence-electron chi connectivity index (χ0n) is 20.3. The molecule has 2 aromatic carbocycles. The number of aromatic nitrogens is 3. The van der Waals surface area contributed by atoms with Crippen LogP contribution in [0.1, 0.15) is 25.2 Å². The Morgan fingerprint density at radius 1 is 1.11 bits per heavy atom. The third-order valence-corrected chi connectivity index (χ3v) is 7.19. The zero-order valence-corrected chi connectivity index (χ0v) is 20.3. The van der Waals surface area contributed by atoms with E-state index in [4.69, 9.17) is 15.5 Å². The van der Waals surface area contributed by atoms with Gasteiger partial charge in [0, 0.05) is 31.4 Å². The molecule has 186 valence electrons. The molecule has 2 aromatic heterocycles. The van der Waals surface area contributed by atoms with Crippen molar-refractivity contribution in [1.82, 2.24) is 24.2 Å². The van der Waals surface area contributed by atoms with E-state index in [1.54, 1.807) is 19.3 Å². The molecular formula is C28H26N6O3. The van der Waals surface area contributed by atoms with E-state index in [9.17, 15) is 9.59 Å². The van der Waals surface area contributed by atoms with E-state index in [1.807, 2.05) is 68.8 Å². The summed E-state index contributed by atoms with van der Waals surface area (Å²) < 4.78 is 7.82. The smallest absolute Gasteiger partial charge is 0.246 e. The topological polar surface area (TPSA) is 106 Å². The summed E-state index contributed by atoms with van der Waals surface area (Å²) in [6.07, 6.45) is 5.43. The maximum atomic E-state index is 12.9. The minimum absolute atomic E-state index is 0.0144. The van der Waals surface area contributed by atoms with Crippen molar-refractivity contribution >= 4 is 23.1 Å². The fraction of sp³-hybridized carbons (Fsp3) is 0.214. The number of piperazine rings is 1. The van der Waals surface area contributed by atoms with Crippen LogP contribution in [0.2, 0.25) is 0 Å².